The molecule has 1 aromatic carbocycles. The van der Waals surface area contributed by atoms with Gasteiger partial charge in [0, 0.05) is 19.2 Å². The Hall–Kier alpha value is -1.97. The van der Waals surface area contributed by atoms with Gasteiger partial charge in [-0.05, 0) is 37.0 Å². The fourth-order valence-electron chi connectivity index (χ4n) is 2.38. The van der Waals surface area contributed by atoms with Gasteiger partial charge in [0.05, 0.1) is 12.8 Å². The summed E-state index contributed by atoms with van der Waals surface area (Å²) in [5, 5.41) is 20.2. The number of guanidine groups is 1. The van der Waals surface area contributed by atoms with E-state index in [0.29, 0.717) is 24.8 Å². The van der Waals surface area contributed by atoms with Gasteiger partial charge in [-0.3, -0.25) is 0 Å². The van der Waals surface area contributed by atoms with Crippen LogP contribution < -0.4 is 15.4 Å². The molecule has 0 fully saturated rings. The van der Waals surface area contributed by atoms with E-state index in [0.717, 1.165) is 35.9 Å². The molecule has 0 saturated carbocycles. The predicted octanol–water partition coefficient (Wildman–Crippen LogP) is 3.43. The van der Waals surface area contributed by atoms with Crippen molar-refractivity contribution in [3.05, 3.63) is 41.3 Å². The number of rotatable bonds is 8. The molecule has 0 spiro atoms. The van der Waals surface area contributed by atoms with Crippen LogP contribution in [0.15, 0.2) is 33.8 Å². The number of phenols is 1. The molecule has 2 rings (SSSR count). The number of phenolic OH excluding ortho intramolecular Hbond substituents is 1. The third kappa shape index (κ3) is 7.28. The zero-order chi connectivity index (χ0) is 18.9. The second-order valence-corrected chi connectivity index (χ2v) is 6.25. The van der Waals surface area contributed by atoms with Gasteiger partial charge < -0.3 is 25.0 Å². The Bertz CT molecular complexity index is 731. The number of halogens is 1. The predicted molar refractivity (Wildman–Crippen MR) is 117 cm³/mol. The summed E-state index contributed by atoms with van der Waals surface area (Å²) in [6.07, 6.45) is 0.779. The Morgan fingerprint density at radius 1 is 1.30 bits per heavy atom. The van der Waals surface area contributed by atoms with E-state index in [-0.39, 0.29) is 29.7 Å². The van der Waals surface area contributed by atoms with Crippen molar-refractivity contribution < 1.29 is 14.4 Å². The summed E-state index contributed by atoms with van der Waals surface area (Å²) < 4.78 is 10.4. The SMILES string of the molecule is CCNC(=NCc1cc(C(C)C)no1)NCCc1ccc(O)c(OC)c1.I. The molecule has 0 aliphatic carbocycles. The van der Waals surface area contributed by atoms with E-state index in [4.69, 9.17) is 9.26 Å². The molecule has 0 atom stereocenters. The van der Waals surface area contributed by atoms with Gasteiger partial charge in [0.2, 0.25) is 0 Å². The van der Waals surface area contributed by atoms with Gasteiger partial charge in [-0.1, -0.05) is 25.1 Å². The summed E-state index contributed by atoms with van der Waals surface area (Å²) in [7, 11) is 1.54. The molecule has 2 aromatic rings. The van der Waals surface area contributed by atoms with Crippen molar-refractivity contribution in [2.75, 3.05) is 20.2 Å². The van der Waals surface area contributed by atoms with Crippen LogP contribution in [-0.2, 0) is 13.0 Å². The standard InChI is InChI=1S/C19H28N4O3.HI/c1-5-20-19(22-12-15-11-16(13(2)3)23-26-15)21-9-8-14-6-7-17(24)18(10-14)25-4;/h6-7,10-11,13,24H,5,8-9,12H2,1-4H3,(H2,20,21,22);1H. The van der Waals surface area contributed by atoms with Crippen molar-refractivity contribution in [1.29, 1.82) is 0 Å². The molecule has 0 aliphatic heterocycles. The Kier molecular flexibility index (Phi) is 9.98. The normalized spacial score (nSPS) is 11.2. The summed E-state index contributed by atoms with van der Waals surface area (Å²) in [6, 6.07) is 7.30. The van der Waals surface area contributed by atoms with Crippen LogP contribution in [0.3, 0.4) is 0 Å². The zero-order valence-corrected chi connectivity index (χ0v) is 18.6. The Labute approximate surface area is 177 Å². The van der Waals surface area contributed by atoms with Crippen LogP contribution in [0.5, 0.6) is 11.5 Å². The van der Waals surface area contributed by atoms with Crippen molar-refractivity contribution in [3.63, 3.8) is 0 Å². The molecule has 0 aliphatic rings. The molecule has 0 amide bonds. The molecular weight excluding hydrogens is 459 g/mol. The molecule has 7 nitrogen and oxygen atoms in total. The van der Waals surface area contributed by atoms with Crippen LogP contribution in [0, 0.1) is 0 Å². The first-order valence-electron chi connectivity index (χ1n) is 8.87. The largest absolute Gasteiger partial charge is 0.504 e. The second kappa shape index (κ2) is 11.7. The highest BCUT2D eigenvalue weighted by Crippen LogP contribution is 2.26. The molecule has 150 valence electrons. The fourth-order valence-corrected chi connectivity index (χ4v) is 2.38. The number of nitrogens with zero attached hydrogens (tertiary/aromatic N) is 2. The number of aromatic hydroxyl groups is 1. The maximum Gasteiger partial charge on any atom is 0.191 e. The van der Waals surface area contributed by atoms with Gasteiger partial charge in [0.15, 0.2) is 23.2 Å². The average molecular weight is 488 g/mol. The van der Waals surface area contributed by atoms with Crippen molar-refractivity contribution in [2.45, 2.75) is 39.7 Å². The second-order valence-electron chi connectivity index (χ2n) is 6.25. The number of aliphatic imine (C=N–C) groups is 1. The number of nitrogens with one attached hydrogen (secondary N) is 2. The van der Waals surface area contributed by atoms with Crippen LogP contribution in [0.25, 0.3) is 0 Å². The van der Waals surface area contributed by atoms with Gasteiger partial charge in [-0.15, -0.1) is 24.0 Å². The number of hydrogen-bond donors (Lipinski definition) is 3. The van der Waals surface area contributed by atoms with E-state index in [1.807, 2.05) is 25.1 Å². The maximum atomic E-state index is 9.65. The van der Waals surface area contributed by atoms with Gasteiger partial charge in [-0.2, -0.15) is 0 Å². The quantitative estimate of drug-likeness (QED) is 0.300. The lowest BCUT2D eigenvalue weighted by Crippen LogP contribution is -2.38. The summed E-state index contributed by atoms with van der Waals surface area (Å²) in [5.41, 5.74) is 2.01. The van der Waals surface area contributed by atoms with Crippen molar-refractivity contribution in [2.24, 2.45) is 4.99 Å². The monoisotopic (exact) mass is 488 g/mol. The third-order valence-corrected chi connectivity index (χ3v) is 3.86. The summed E-state index contributed by atoms with van der Waals surface area (Å²) >= 11 is 0. The van der Waals surface area contributed by atoms with Crippen LogP contribution in [0.1, 0.15) is 43.7 Å². The van der Waals surface area contributed by atoms with E-state index < -0.39 is 0 Å². The first-order chi connectivity index (χ1) is 12.5. The summed E-state index contributed by atoms with van der Waals surface area (Å²) in [6.45, 7) is 8.08. The van der Waals surface area contributed by atoms with Crippen LogP contribution in [0.4, 0.5) is 0 Å². The minimum atomic E-state index is 0. The van der Waals surface area contributed by atoms with Crippen LogP contribution in [0.2, 0.25) is 0 Å². The molecule has 27 heavy (non-hydrogen) atoms. The number of methoxy groups -OCH3 is 1. The van der Waals surface area contributed by atoms with Gasteiger partial charge in [-0.25, -0.2) is 4.99 Å². The molecule has 8 heteroatoms. The zero-order valence-electron chi connectivity index (χ0n) is 16.3. The minimum Gasteiger partial charge on any atom is -0.504 e. The lowest BCUT2D eigenvalue weighted by molar-refractivity contribution is 0.373. The molecule has 1 aromatic heterocycles. The highest BCUT2D eigenvalue weighted by molar-refractivity contribution is 14.0. The third-order valence-electron chi connectivity index (χ3n) is 3.86. The highest BCUT2D eigenvalue weighted by Gasteiger charge is 2.08. The lowest BCUT2D eigenvalue weighted by Gasteiger charge is -2.11. The smallest absolute Gasteiger partial charge is 0.191 e. The Balaban J connectivity index is 0.00000364. The molecule has 0 saturated heterocycles. The van der Waals surface area contributed by atoms with Crippen molar-refractivity contribution in [3.8, 4) is 11.5 Å². The molecule has 0 radical (unpaired) electrons. The van der Waals surface area contributed by atoms with Crippen molar-refractivity contribution >= 4 is 29.9 Å². The molecule has 1 heterocycles. The van der Waals surface area contributed by atoms with E-state index in [1.165, 1.54) is 0 Å². The number of hydrogen-bond acceptors (Lipinski definition) is 5. The molecule has 3 N–H and O–H groups in total. The Morgan fingerprint density at radius 2 is 2.07 bits per heavy atom. The topological polar surface area (TPSA) is 91.9 Å². The van der Waals surface area contributed by atoms with E-state index in [1.54, 1.807) is 13.2 Å². The summed E-state index contributed by atoms with van der Waals surface area (Å²) in [4.78, 5) is 4.53. The van der Waals surface area contributed by atoms with Gasteiger partial charge in [0.1, 0.15) is 6.54 Å². The Morgan fingerprint density at radius 3 is 2.70 bits per heavy atom. The number of ether oxygens (including phenoxy) is 1. The van der Waals surface area contributed by atoms with Gasteiger partial charge >= 0.3 is 0 Å². The minimum absolute atomic E-state index is 0. The molecular formula is C19H29IN4O3. The summed E-state index contributed by atoms with van der Waals surface area (Å²) in [5.74, 6) is 2.43. The molecule has 0 unspecified atom stereocenters. The van der Waals surface area contributed by atoms with Gasteiger partial charge in [0.25, 0.3) is 0 Å². The van der Waals surface area contributed by atoms with Crippen molar-refractivity contribution in [1.82, 2.24) is 15.8 Å². The van der Waals surface area contributed by atoms with Crippen LogP contribution >= 0.6 is 24.0 Å². The van der Waals surface area contributed by atoms with Crippen LogP contribution in [-0.4, -0.2) is 36.4 Å². The molecule has 0 bridgehead atoms. The average Bonchev–Trinajstić information content (AvgIpc) is 3.10. The number of aromatic nitrogens is 1. The van der Waals surface area contributed by atoms with E-state index in [2.05, 4.69) is 34.6 Å². The lowest BCUT2D eigenvalue weighted by atomic mass is 10.1. The first-order valence-corrected chi connectivity index (χ1v) is 8.87. The van der Waals surface area contributed by atoms with E-state index in [9.17, 15) is 5.11 Å². The highest BCUT2D eigenvalue weighted by atomic mass is 127. The fraction of sp³-hybridized carbons (Fsp3) is 0.474. The maximum absolute atomic E-state index is 9.65. The number of benzene rings is 1. The van der Waals surface area contributed by atoms with E-state index >= 15 is 0 Å². The first kappa shape index (κ1) is 23.1.